The molecule has 8 nitrogen and oxygen atoms in total. The van der Waals surface area contributed by atoms with Crippen LogP contribution in [0.4, 0.5) is 13.2 Å². The third-order valence-corrected chi connectivity index (χ3v) is 3.06. The number of aromatic amines is 3. The molecule has 0 saturated heterocycles. The van der Waals surface area contributed by atoms with Gasteiger partial charge in [-0.25, -0.2) is 15.0 Å². The number of halogens is 3. The molecule has 4 heterocycles. The van der Waals surface area contributed by atoms with Crippen molar-refractivity contribution in [3.05, 3.63) is 30.7 Å². The van der Waals surface area contributed by atoms with Gasteiger partial charge in [-0.3, -0.25) is 9.50 Å². The van der Waals surface area contributed by atoms with Crippen LogP contribution in [0.1, 0.15) is 5.82 Å². The molecule has 0 aliphatic rings. The van der Waals surface area contributed by atoms with Crippen LogP contribution in [-0.2, 0) is 6.18 Å². The summed E-state index contributed by atoms with van der Waals surface area (Å²) in [6, 6.07) is 0. The fraction of sp³-hybridized carbons (Fsp3) is 0.0909. The summed E-state index contributed by atoms with van der Waals surface area (Å²) < 4.78 is 39.6. The zero-order chi connectivity index (χ0) is 15.3. The van der Waals surface area contributed by atoms with Gasteiger partial charge < -0.3 is 9.97 Å². The summed E-state index contributed by atoms with van der Waals surface area (Å²) in [5.41, 5.74) is 1.35. The normalized spacial score (nSPS) is 12.3. The number of hydrogen-bond acceptors (Lipinski definition) is 4. The van der Waals surface area contributed by atoms with Crippen LogP contribution >= 0.6 is 0 Å². The van der Waals surface area contributed by atoms with E-state index in [9.17, 15) is 13.2 Å². The van der Waals surface area contributed by atoms with Gasteiger partial charge >= 0.3 is 6.18 Å². The van der Waals surface area contributed by atoms with Gasteiger partial charge in [0.05, 0.1) is 18.2 Å². The van der Waals surface area contributed by atoms with Crippen molar-refractivity contribution in [2.45, 2.75) is 6.18 Å². The van der Waals surface area contributed by atoms with E-state index in [1.165, 1.54) is 6.33 Å². The van der Waals surface area contributed by atoms with Crippen LogP contribution < -0.4 is 0 Å². The minimum atomic E-state index is -4.62. The summed E-state index contributed by atoms with van der Waals surface area (Å²) in [6.45, 7) is 0. The van der Waals surface area contributed by atoms with E-state index in [4.69, 9.17) is 0 Å². The van der Waals surface area contributed by atoms with Gasteiger partial charge in [0.15, 0.2) is 5.82 Å². The molecule has 0 fully saturated rings. The number of nitrogens with one attached hydrogen (secondary N) is 3. The van der Waals surface area contributed by atoms with Crippen molar-refractivity contribution in [1.29, 1.82) is 0 Å². The molecule has 3 N–H and O–H groups in total. The van der Waals surface area contributed by atoms with E-state index >= 15 is 0 Å². The zero-order valence-corrected chi connectivity index (χ0v) is 10.7. The van der Waals surface area contributed by atoms with E-state index < -0.39 is 12.0 Å². The monoisotopic (exact) mass is 308 g/mol. The average Bonchev–Trinajstić information content (AvgIpc) is 3.20. The van der Waals surface area contributed by atoms with Crippen LogP contribution in [0.15, 0.2) is 24.9 Å². The van der Waals surface area contributed by atoms with Crippen LogP contribution in [0.3, 0.4) is 0 Å². The lowest BCUT2D eigenvalue weighted by Crippen LogP contribution is -2.07. The Balaban J connectivity index is 1.94. The van der Waals surface area contributed by atoms with Gasteiger partial charge in [-0.05, 0) is 0 Å². The number of alkyl halides is 3. The summed E-state index contributed by atoms with van der Waals surface area (Å²) in [5, 5.41) is 5.47. The Kier molecular flexibility index (Phi) is 2.40. The Morgan fingerprint density at radius 2 is 2.00 bits per heavy atom. The maximum Gasteiger partial charge on any atom is 0.453 e. The molecule has 0 aromatic carbocycles. The average molecular weight is 308 g/mol. The Hall–Kier alpha value is -3.11. The highest BCUT2D eigenvalue weighted by atomic mass is 19.4. The molecule has 4 aromatic heterocycles. The van der Waals surface area contributed by atoms with Gasteiger partial charge in [-0.2, -0.15) is 13.2 Å². The molecule has 4 rings (SSSR count). The van der Waals surface area contributed by atoms with Crippen LogP contribution in [0.5, 0.6) is 0 Å². The predicted molar refractivity (Wildman–Crippen MR) is 67.5 cm³/mol. The zero-order valence-electron chi connectivity index (χ0n) is 10.7. The minimum absolute atomic E-state index is 0.0750. The maximum atomic E-state index is 12.6. The van der Waals surface area contributed by atoms with E-state index in [2.05, 4.69) is 35.1 Å². The van der Waals surface area contributed by atoms with Crippen molar-refractivity contribution >= 4 is 5.78 Å². The second-order valence-electron chi connectivity index (χ2n) is 4.43. The fourth-order valence-electron chi connectivity index (χ4n) is 2.17. The molecule has 4 aromatic rings. The van der Waals surface area contributed by atoms with E-state index in [1.54, 1.807) is 23.0 Å². The van der Waals surface area contributed by atoms with E-state index in [1.807, 2.05) is 0 Å². The first kappa shape index (κ1) is 12.6. The van der Waals surface area contributed by atoms with Gasteiger partial charge in [-0.1, -0.05) is 0 Å². The Morgan fingerprint density at radius 1 is 1.14 bits per heavy atom. The SMILES string of the molecule is FC(F)(F)c1n[nH]c(-c2nc3[nH]ccn3c2-c2cnc[nH]2)n1. The van der Waals surface area contributed by atoms with Gasteiger partial charge in [-0.15, -0.1) is 5.10 Å². The molecule has 0 aliphatic carbocycles. The standard InChI is InChI=1S/C11H7F3N8/c12-11(13,14)9-19-8(20-21-9)6-7(5-3-15-4-17-5)22-2-1-16-10(22)18-6/h1-4H,(H,15,17)(H,16,18)(H,19,20,21). The summed E-state index contributed by atoms with van der Waals surface area (Å²) in [7, 11) is 0. The lowest BCUT2D eigenvalue weighted by molar-refractivity contribution is -0.144. The summed E-state index contributed by atoms with van der Waals surface area (Å²) in [6.07, 6.45) is 1.74. The second-order valence-corrected chi connectivity index (χ2v) is 4.43. The van der Waals surface area contributed by atoms with Gasteiger partial charge in [0.2, 0.25) is 5.78 Å². The molecule has 11 heteroatoms. The third-order valence-electron chi connectivity index (χ3n) is 3.06. The van der Waals surface area contributed by atoms with Gasteiger partial charge in [0, 0.05) is 12.4 Å². The second kappa shape index (κ2) is 4.19. The highest BCUT2D eigenvalue weighted by Crippen LogP contribution is 2.31. The Bertz CT molecular complexity index is 926. The molecule has 0 aliphatic heterocycles. The summed E-state index contributed by atoms with van der Waals surface area (Å²) in [5.74, 6) is -0.853. The summed E-state index contributed by atoms with van der Waals surface area (Å²) >= 11 is 0. The molecule has 22 heavy (non-hydrogen) atoms. The maximum absolute atomic E-state index is 12.6. The van der Waals surface area contributed by atoms with Gasteiger partial charge in [0.1, 0.15) is 11.4 Å². The first-order chi connectivity index (χ1) is 10.5. The first-order valence-corrected chi connectivity index (χ1v) is 6.08. The van der Waals surface area contributed by atoms with Crippen LogP contribution in [-0.4, -0.2) is 39.5 Å². The van der Waals surface area contributed by atoms with Crippen LogP contribution in [0, 0.1) is 0 Å². The predicted octanol–water partition coefficient (Wildman–Crippen LogP) is 1.86. The molecular weight excluding hydrogens is 301 g/mol. The molecule has 112 valence electrons. The largest absolute Gasteiger partial charge is 0.453 e. The lowest BCUT2D eigenvalue weighted by Gasteiger charge is -1.99. The molecule has 0 amide bonds. The highest BCUT2D eigenvalue weighted by molar-refractivity contribution is 5.76. The van der Waals surface area contributed by atoms with Crippen LogP contribution in [0.2, 0.25) is 0 Å². The number of imidazole rings is 3. The molecule has 0 spiro atoms. The fourth-order valence-corrected chi connectivity index (χ4v) is 2.17. The lowest BCUT2D eigenvalue weighted by atomic mass is 10.2. The van der Waals surface area contributed by atoms with E-state index in [0.29, 0.717) is 17.2 Å². The van der Waals surface area contributed by atoms with Crippen LogP contribution in [0.25, 0.3) is 28.7 Å². The number of H-pyrrole nitrogens is 3. The molecule has 0 saturated carbocycles. The van der Waals surface area contributed by atoms with Crippen molar-refractivity contribution in [1.82, 2.24) is 39.5 Å². The van der Waals surface area contributed by atoms with Crippen molar-refractivity contribution < 1.29 is 13.2 Å². The first-order valence-electron chi connectivity index (χ1n) is 6.08. The van der Waals surface area contributed by atoms with Crippen molar-refractivity contribution in [2.24, 2.45) is 0 Å². The highest BCUT2D eigenvalue weighted by Gasteiger charge is 2.36. The van der Waals surface area contributed by atoms with E-state index in [0.717, 1.165) is 0 Å². The molecular formula is C11H7F3N8. The van der Waals surface area contributed by atoms with E-state index in [-0.39, 0.29) is 11.5 Å². The molecule has 0 atom stereocenters. The molecule has 0 unspecified atom stereocenters. The number of aromatic nitrogens is 8. The number of nitrogens with zero attached hydrogens (tertiary/aromatic N) is 5. The quantitative estimate of drug-likeness (QED) is 0.526. The number of fused-ring (bicyclic) bond motifs is 1. The van der Waals surface area contributed by atoms with Crippen molar-refractivity contribution in [3.63, 3.8) is 0 Å². The molecule has 0 bridgehead atoms. The minimum Gasteiger partial charge on any atom is -0.343 e. The molecule has 0 radical (unpaired) electrons. The number of hydrogen-bond donors (Lipinski definition) is 3. The van der Waals surface area contributed by atoms with Gasteiger partial charge in [0.25, 0.3) is 5.82 Å². The Morgan fingerprint density at radius 3 is 2.68 bits per heavy atom. The smallest absolute Gasteiger partial charge is 0.343 e. The number of rotatable bonds is 2. The summed E-state index contributed by atoms with van der Waals surface area (Å²) in [4.78, 5) is 17.4. The Labute approximate surface area is 119 Å². The van der Waals surface area contributed by atoms with Crippen molar-refractivity contribution in [2.75, 3.05) is 0 Å². The topological polar surface area (TPSA) is 103 Å². The van der Waals surface area contributed by atoms with Crippen molar-refractivity contribution in [3.8, 4) is 22.9 Å². The third kappa shape index (κ3) is 1.78.